The zero-order chi connectivity index (χ0) is 15.2. The fourth-order valence-corrected chi connectivity index (χ4v) is 3.76. The van der Waals surface area contributed by atoms with Crippen molar-refractivity contribution in [2.45, 2.75) is 38.5 Å². The zero-order valence-electron chi connectivity index (χ0n) is 12.5. The van der Waals surface area contributed by atoms with Crippen LogP contribution in [0.2, 0.25) is 0 Å². The van der Waals surface area contributed by atoms with Crippen molar-refractivity contribution in [2.24, 2.45) is 17.8 Å². The number of rotatable bonds is 4. The number of carboxylic acid groups (broad SMARTS) is 1. The van der Waals surface area contributed by atoms with Gasteiger partial charge < -0.3 is 14.7 Å². The van der Waals surface area contributed by atoms with E-state index in [4.69, 9.17) is 4.74 Å². The van der Waals surface area contributed by atoms with Gasteiger partial charge >= 0.3 is 12.1 Å². The molecule has 1 aliphatic heterocycles. The van der Waals surface area contributed by atoms with Crippen LogP contribution in [0, 0.1) is 17.8 Å². The van der Waals surface area contributed by atoms with E-state index in [1.807, 2.05) is 0 Å². The van der Waals surface area contributed by atoms with E-state index in [9.17, 15) is 14.7 Å². The van der Waals surface area contributed by atoms with E-state index >= 15 is 0 Å². The zero-order valence-corrected chi connectivity index (χ0v) is 12.5. The third kappa shape index (κ3) is 3.99. The number of nitrogens with zero attached hydrogens (tertiary/aromatic N) is 1. The quantitative estimate of drug-likeness (QED) is 0.810. The second-order valence-corrected chi connectivity index (χ2v) is 6.08. The minimum absolute atomic E-state index is 0.192. The molecular formula is C16H25NO4. The van der Waals surface area contributed by atoms with Gasteiger partial charge in [-0.2, -0.15) is 0 Å². The van der Waals surface area contributed by atoms with Gasteiger partial charge in [0.2, 0.25) is 0 Å². The average molecular weight is 295 g/mol. The summed E-state index contributed by atoms with van der Waals surface area (Å²) in [4.78, 5) is 24.9. The molecule has 2 unspecified atom stereocenters. The Morgan fingerprint density at radius 1 is 1.19 bits per heavy atom. The number of piperidine rings is 1. The minimum atomic E-state index is -0.646. The maximum absolute atomic E-state index is 11.8. The van der Waals surface area contributed by atoms with Gasteiger partial charge in [-0.1, -0.05) is 25.5 Å². The van der Waals surface area contributed by atoms with E-state index in [0.717, 1.165) is 38.5 Å². The summed E-state index contributed by atoms with van der Waals surface area (Å²) in [5.74, 6) is -0.131. The highest BCUT2D eigenvalue weighted by molar-refractivity contribution is 5.70. The lowest BCUT2D eigenvalue weighted by Crippen LogP contribution is -2.43. The topological polar surface area (TPSA) is 66.8 Å². The van der Waals surface area contributed by atoms with Crippen LogP contribution >= 0.6 is 0 Å². The Hall–Kier alpha value is -1.52. The Morgan fingerprint density at radius 2 is 1.86 bits per heavy atom. The number of carboxylic acids is 1. The largest absolute Gasteiger partial charge is 0.481 e. The smallest absolute Gasteiger partial charge is 0.410 e. The Morgan fingerprint density at radius 3 is 2.48 bits per heavy atom. The lowest BCUT2D eigenvalue weighted by molar-refractivity contribution is -0.146. The van der Waals surface area contributed by atoms with Gasteiger partial charge in [0, 0.05) is 13.1 Å². The van der Waals surface area contributed by atoms with Gasteiger partial charge in [0.05, 0.1) is 5.92 Å². The predicted octanol–water partition coefficient (Wildman–Crippen LogP) is 2.91. The van der Waals surface area contributed by atoms with Gasteiger partial charge in [-0.15, -0.1) is 0 Å². The molecule has 1 N–H and O–H groups in total. The molecule has 1 heterocycles. The Bertz CT molecular complexity index is 388. The summed E-state index contributed by atoms with van der Waals surface area (Å²) in [6.45, 7) is 5.10. The fraction of sp³-hybridized carbons (Fsp3) is 0.750. The van der Waals surface area contributed by atoms with E-state index in [-0.39, 0.29) is 24.5 Å². The van der Waals surface area contributed by atoms with Crippen molar-refractivity contribution in [3.63, 3.8) is 0 Å². The van der Waals surface area contributed by atoms with E-state index in [1.165, 1.54) is 0 Å². The SMILES string of the molecule is C=CCOC(=O)N1CCC(C2CCCCC2C(=O)O)CC1. The molecule has 5 heteroatoms. The first-order valence-electron chi connectivity index (χ1n) is 7.89. The predicted molar refractivity (Wildman–Crippen MR) is 78.9 cm³/mol. The summed E-state index contributed by atoms with van der Waals surface area (Å²) in [7, 11) is 0. The second kappa shape index (κ2) is 7.48. The number of hydrogen-bond acceptors (Lipinski definition) is 3. The maximum Gasteiger partial charge on any atom is 0.410 e. The Kier molecular flexibility index (Phi) is 5.65. The van der Waals surface area contributed by atoms with Gasteiger partial charge in [-0.25, -0.2) is 4.79 Å². The number of ether oxygens (including phenoxy) is 1. The summed E-state index contributed by atoms with van der Waals surface area (Å²) < 4.78 is 5.05. The molecule has 0 aromatic rings. The Labute approximate surface area is 126 Å². The first-order valence-corrected chi connectivity index (χ1v) is 7.89. The minimum Gasteiger partial charge on any atom is -0.481 e. The van der Waals surface area contributed by atoms with Crippen molar-refractivity contribution < 1.29 is 19.4 Å². The van der Waals surface area contributed by atoms with Crippen LogP contribution < -0.4 is 0 Å². The molecule has 0 radical (unpaired) electrons. The summed E-state index contributed by atoms with van der Waals surface area (Å²) in [6, 6.07) is 0. The van der Waals surface area contributed by atoms with Crippen LogP contribution in [-0.2, 0) is 9.53 Å². The van der Waals surface area contributed by atoms with E-state index in [2.05, 4.69) is 6.58 Å². The number of carbonyl (C=O) groups excluding carboxylic acids is 1. The molecule has 0 aromatic heterocycles. The fourth-order valence-electron chi connectivity index (χ4n) is 3.76. The number of amides is 1. The molecule has 2 fully saturated rings. The summed E-state index contributed by atoms with van der Waals surface area (Å²) in [6.07, 6.45) is 7.03. The molecule has 1 aliphatic carbocycles. The van der Waals surface area contributed by atoms with Crippen LogP contribution in [0.25, 0.3) is 0 Å². The van der Waals surface area contributed by atoms with Gasteiger partial charge in [0.25, 0.3) is 0 Å². The van der Waals surface area contributed by atoms with Gasteiger partial charge in [-0.05, 0) is 37.5 Å². The van der Waals surface area contributed by atoms with Crippen molar-refractivity contribution in [3.8, 4) is 0 Å². The number of aliphatic carboxylic acids is 1. The monoisotopic (exact) mass is 295 g/mol. The standard InChI is InChI=1S/C16H25NO4/c1-2-11-21-16(20)17-9-7-12(8-10-17)13-5-3-4-6-14(13)15(18)19/h2,12-14H,1,3-11H2,(H,18,19). The van der Waals surface area contributed by atoms with E-state index in [0.29, 0.717) is 19.0 Å². The molecule has 1 amide bonds. The molecule has 0 bridgehead atoms. The molecular weight excluding hydrogens is 270 g/mol. The van der Waals surface area contributed by atoms with Crippen molar-refractivity contribution >= 4 is 12.1 Å². The van der Waals surface area contributed by atoms with Gasteiger partial charge in [-0.3, -0.25) is 4.79 Å². The van der Waals surface area contributed by atoms with Crippen molar-refractivity contribution in [3.05, 3.63) is 12.7 Å². The van der Waals surface area contributed by atoms with Crippen molar-refractivity contribution in [1.82, 2.24) is 4.90 Å². The average Bonchev–Trinajstić information content (AvgIpc) is 2.52. The van der Waals surface area contributed by atoms with E-state index < -0.39 is 5.97 Å². The van der Waals surface area contributed by atoms with Crippen molar-refractivity contribution in [2.75, 3.05) is 19.7 Å². The van der Waals surface area contributed by atoms with Crippen LogP contribution in [0.5, 0.6) is 0 Å². The molecule has 0 aromatic carbocycles. The van der Waals surface area contributed by atoms with Gasteiger partial charge in [0.1, 0.15) is 6.61 Å². The highest BCUT2D eigenvalue weighted by Gasteiger charge is 2.38. The molecule has 1 saturated carbocycles. The molecule has 0 spiro atoms. The van der Waals surface area contributed by atoms with Crippen LogP contribution in [0.15, 0.2) is 12.7 Å². The highest BCUT2D eigenvalue weighted by atomic mass is 16.6. The molecule has 2 rings (SSSR count). The number of hydrogen-bond donors (Lipinski definition) is 1. The first-order chi connectivity index (χ1) is 10.1. The molecule has 118 valence electrons. The number of carbonyl (C=O) groups is 2. The van der Waals surface area contributed by atoms with Crippen LogP contribution in [0.4, 0.5) is 4.79 Å². The van der Waals surface area contributed by atoms with Crippen LogP contribution in [-0.4, -0.2) is 41.8 Å². The van der Waals surface area contributed by atoms with Crippen LogP contribution in [0.3, 0.4) is 0 Å². The first kappa shape index (κ1) is 15.9. The molecule has 5 nitrogen and oxygen atoms in total. The lowest BCUT2D eigenvalue weighted by Gasteiger charge is -2.39. The summed E-state index contributed by atoms with van der Waals surface area (Å²) in [5.41, 5.74) is 0. The molecule has 2 aliphatic rings. The maximum atomic E-state index is 11.8. The third-order valence-electron chi connectivity index (χ3n) is 4.86. The normalized spacial score (nSPS) is 27.1. The molecule has 21 heavy (non-hydrogen) atoms. The summed E-state index contributed by atoms with van der Waals surface area (Å²) in [5, 5.41) is 9.38. The van der Waals surface area contributed by atoms with Gasteiger partial charge in [0.15, 0.2) is 0 Å². The highest BCUT2D eigenvalue weighted by Crippen LogP contribution is 2.39. The van der Waals surface area contributed by atoms with Crippen molar-refractivity contribution in [1.29, 1.82) is 0 Å². The Balaban J connectivity index is 1.86. The van der Waals surface area contributed by atoms with Crippen LogP contribution in [0.1, 0.15) is 38.5 Å². The number of likely N-dealkylation sites (tertiary alicyclic amines) is 1. The lowest BCUT2D eigenvalue weighted by atomic mass is 9.69. The second-order valence-electron chi connectivity index (χ2n) is 6.08. The molecule has 1 saturated heterocycles. The van der Waals surface area contributed by atoms with E-state index in [1.54, 1.807) is 11.0 Å². The third-order valence-corrected chi connectivity index (χ3v) is 4.86. The summed E-state index contributed by atoms with van der Waals surface area (Å²) >= 11 is 0. The molecule has 2 atom stereocenters.